The highest BCUT2D eigenvalue weighted by Crippen LogP contribution is 2.34. The zero-order valence-electron chi connectivity index (χ0n) is 17.8. The molecule has 2 aliphatic rings. The van der Waals surface area contributed by atoms with Crippen LogP contribution in [0.15, 0.2) is 54.7 Å². The van der Waals surface area contributed by atoms with Crippen molar-refractivity contribution in [1.82, 2.24) is 15.2 Å². The summed E-state index contributed by atoms with van der Waals surface area (Å²) in [5, 5.41) is 9.74. The molecule has 0 aliphatic carbocycles. The lowest BCUT2D eigenvalue weighted by atomic mass is 9.95. The summed E-state index contributed by atoms with van der Waals surface area (Å²) < 4.78 is 0. The van der Waals surface area contributed by atoms with Gasteiger partial charge in [0.15, 0.2) is 6.29 Å². The SMILES string of the molecule is NC(=O)[C@H]1CCCN(c2ccccc2C2=CCN(c3ccc4cn[nH]c4c3)C(N)N2N)C1. The molecule has 0 bridgehead atoms. The van der Waals surface area contributed by atoms with Crippen LogP contribution in [0.25, 0.3) is 16.6 Å². The fraction of sp³-hybridized carbons (Fsp3) is 0.304. The molecular weight excluding hydrogens is 404 g/mol. The van der Waals surface area contributed by atoms with Crippen LogP contribution in [0, 0.1) is 5.92 Å². The number of H-pyrrole nitrogens is 1. The number of carbonyl (C=O) groups excluding carboxylic acids is 1. The van der Waals surface area contributed by atoms with Crippen molar-refractivity contribution < 1.29 is 4.79 Å². The minimum atomic E-state index is -0.539. The van der Waals surface area contributed by atoms with E-state index in [2.05, 4.69) is 27.2 Å². The third kappa shape index (κ3) is 3.55. The van der Waals surface area contributed by atoms with Gasteiger partial charge in [0.2, 0.25) is 5.91 Å². The summed E-state index contributed by atoms with van der Waals surface area (Å²) in [6.07, 6.45) is 5.11. The number of hydrogen-bond acceptors (Lipinski definition) is 7. The van der Waals surface area contributed by atoms with Crippen LogP contribution in [0.3, 0.4) is 0 Å². The number of benzene rings is 2. The van der Waals surface area contributed by atoms with Gasteiger partial charge in [0.25, 0.3) is 0 Å². The van der Waals surface area contributed by atoms with E-state index in [4.69, 9.17) is 17.3 Å². The molecule has 166 valence electrons. The fourth-order valence-corrected chi connectivity index (χ4v) is 4.70. The van der Waals surface area contributed by atoms with E-state index in [1.165, 1.54) is 0 Å². The minimum Gasteiger partial charge on any atom is -0.370 e. The van der Waals surface area contributed by atoms with E-state index in [1.54, 1.807) is 11.2 Å². The molecule has 0 spiro atoms. The lowest BCUT2D eigenvalue weighted by molar-refractivity contribution is -0.122. The molecule has 0 saturated carbocycles. The van der Waals surface area contributed by atoms with Gasteiger partial charge in [0.05, 0.1) is 23.3 Å². The molecule has 1 saturated heterocycles. The molecular formula is C23H28N8O. The number of hydrazine groups is 1. The Hall–Kier alpha value is -3.56. The van der Waals surface area contributed by atoms with E-state index in [0.29, 0.717) is 13.1 Å². The normalized spacial score (nSPS) is 21.7. The molecule has 2 aliphatic heterocycles. The number of aromatic nitrogens is 2. The average molecular weight is 433 g/mol. The number of nitrogens with zero attached hydrogens (tertiary/aromatic N) is 4. The van der Waals surface area contributed by atoms with Crippen LogP contribution in [-0.4, -0.2) is 47.0 Å². The lowest BCUT2D eigenvalue weighted by Crippen LogP contribution is -2.59. The Balaban J connectivity index is 1.45. The van der Waals surface area contributed by atoms with Gasteiger partial charge < -0.3 is 15.5 Å². The minimum absolute atomic E-state index is 0.138. The van der Waals surface area contributed by atoms with Gasteiger partial charge >= 0.3 is 0 Å². The average Bonchev–Trinajstić information content (AvgIpc) is 3.29. The first-order chi connectivity index (χ1) is 15.5. The maximum Gasteiger partial charge on any atom is 0.222 e. The van der Waals surface area contributed by atoms with E-state index in [9.17, 15) is 4.79 Å². The van der Waals surface area contributed by atoms with Crippen LogP contribution >= 0.6 is 0 Å². The number of piperidine rings is 1. The number of rotatable bonds is 4. The summed E-state index contributed by atoms with van der Waals surface area (Å²) in [4.78, 5) is 16.0. The third-order valence-electron chi connectivity index (χ3n) is 6.47. The quantitative estimate of drug-likeness (QED) is 0.460. The molecule has 7 N–H and O–H groups in total. The Morgan fingerprint density at radius 1 is 1.19 bits per heavy atom. The van der Waals surface area contributed by atoms with Gasteiger partial charge in [-0.1, -0.05) is 18.2 Å². The molecule has 1 unspecified atom stereocenters. The second kappa shape index (κ2) is 8.18. The Morgan fingerprint density at radius 2 is 2.03 bits per heavy atom. The van der Waals surface area contributed by atoms with Crippen molar-refractivity contribution in [3.63, 3.8) is 0 Å². The van der Waals surface area contributed by atoms with E-state index < -0.39 is 6.29 Å². The lowest BCUT2D eigenvalue weighted by Gasteiger charge is -2.42. The van der Waals surface area contributed by atoms with E-state index in [-0.39, 0.29) is 11.8 Å². The topological polar surface area (TPSA) is 134 Å². The van der Waals surface area contributed by atoms with Crippen LogP contribution in [0.2, 0.25) is 0 Å². The number of carbonyl (C=O) groups is 1. The maximum atomic E-state index is 11.8. The molecule has 2 aromatic carbocycles. The van der Waals surface area contributed by atoms with Gasteiger partial charge in [-0.25, -0.2) is 5.84 Å². The molecule has 1 aromatic heterocycles. The number of hydrogen-bond donors (Lipinski definition) is 4. The van der Waals surface area contributed by atoms with E-state index in [0.717, 1.165) is 52.9 Å². The zero-order valence-corrected chi connectivity index (χ0v) is 17.8. The van der Waals surface area contributed by atoms with Crippen LogP contribution in [0.5, 0.6) is 0 Å². The second-order valence-corrected chi connectivity index (χ2v) is 8.41. The first-order valence-corrected chi connectivity index (χ1v) is 10.9. The van der Waals surface area contributed by atoms with Crippen molar-refractivity contribution in [2.75, 3.05) is 29.4 Å². The molecule has 5 rings (SSSR count). The van der Waals surface area contributed by atoms with Crippen molar-refractivity contribution in [3.05, 3.63) is 60.3 Å². The highest BCUT2D eigenvalue weighted by atomic mass is 16.1. The Morgan fingerprint density at radius 3 is 2.88 bits per heavy atom. The molecule has 32 heavy (non-hydrogen) atoms. The predicted octanol–water partition coefficient (Wildman–Crippen LogP) is 1.54. The van der Waals surface area contributed by atoms with Crippen LogP contribution in [-0.2, 0) is 4.79 Å². The maximum absolute atomic E-state index is 11.8. The number of nitrogens with one attached hydrogen (secondary N) is 1. The first-order valence-electron chi connectivity index (χ1n) is 10.9. The molecule has 9 nitrogen and oxygen atoms in total. The van der Waals surface area contributed by atoms with E-state index in [1.807, 2.05) is 41.3 Å². The summed E-state index contributed by atoms with van der Waals surface area (Å²) in [7, 11) is 0. The number of anilines is 2. The number of para-hydroxylation sites is 1. The molecule has 1 amide bonds. The highest BCUT2D eigenvalue weighted by Gasteiger charge is 2.30. The fourth-order valence-electron chi connectivity index (χ4n) is 4.70. The van der Waals surface area contributed by atoms with Crippen LogP contribution < -0.4 is 27.1 Å². The number of fused-ring (bicyclic) bond motifs is 1. The number of aromatic amines is 1. The standard InChI is InChI=1S/C23H28N8O/c24-22(32)16-4-3-10-29(14-16)20-6-2-1-5-18(20)21-9-11-30(23(25)31(21)26)17-8-7-15-13-27-28-19(15)12-17/h1-2,5-9,12-13,16,23H,3-4,10-11,14,25-26H2,(H2,24,32)(H,27,28)/t16-,23?/m0/s1. The third-order valence-corrected chi connectivity index (χ3v) is 6.47. The predicted molar refractivity (Wildman–Crippen MR) is 126 cm³/mol. The Kier molecular flexibility index (Phi) is 5.20. The molecule has 3 aromatic rings. The van der Waals surface area contributed by atoms with Crippen molar-refractivity contribution in [2.45, 2.75) is 19.1 Å². The van der Waals surface area contributed by atoms with E-state index >= 15 is 0 Å². The van der Waals surface area contributed by atoms with Gasteiger partial charge in [-0.05, 0) is 43.2 Å². The Bertz CT molecular complexity index is 1170. The van der Waals surface area contributed by atoms with Crippen molar-refractivity contribution in [1.29, 1.82) is 0 Å². The Labute approximate surface area is 186 Å². The summed E-state index contributed by atoms with van der Waals surface area (Å²) in [6, 6.07) is 14.2. The van der Waals surface area contributed by atoms with Crippen LogP contribution in [0.4, 0.5) is 11.4 Å². The molecule has 3 heterocycles. The van der Waals surface area contributed by atoms with Gasteiger partial charge in [-0.15, -0.1) is 0 Å². The highest BCUT2D eigenvalue weighted by molar-refractivity contribution is 5.83. The summed E-state index contributed by atoms with van der Waals surface area (Å²) in [6.45, 7) is 2.11. The van der Waals surface area contributed by atoms with Crippen LogP contribution in [0.1, 0.15) is 18.4 Å². The van der Waals surface area contributed by atoms with Gasteiger partial charge in [-0.3, -0.25) is 20.6 Å². The largest absolute Gasteiger partial charge is 0.370 e. The van der Waals surface area contributed by atoms with Crippen molar-refractivity contribution in [2.24, 2.45) is 23.2 Å². The van der Waals surface area contributed by atoms with Crippen molar-refractivity contribution in [3.8, 4) is 0 Å². The van der Waals surface area contributed by atoms with Gasteiger partial charge in [0.1, 0.15) is 0 Å². The first kappa shape index (κ1) is 20.3. The molecule has 9 heteroatoms. The monoisotopic (exact) mass is 432 g/mol. The summed E-state index contributed by atoms with van der Waals surface area (Å²) >= 11 is 0. The summed E-state index contributed by atoms with van der Waals surface area (Å²) in [5.74, 6) is 6.16. The number of primary amides is 1. The second-order valence-electron chi connectivity index (χ2n) is 8.41. The van der Waals surface area contributed by atoms with Gasteiger partial charge in [-0.2, -0.15) is 5.10 Å². The molecule has 2 atom stereocenters. The van der Waals surface area contributed by atoms with Crippen molar-refractivity contribution >= 4 is 33.9 Å². The smallest absolute Gasteiger partial charge is 0.222 e. The van der Waals surface area contributed by atoms with Gasteiger partial charge in [0, 0.05) is 42.0 Å². The molecule has 0 radical (unpaired) electrons. The number of amides is 1. The number of nitrogens with two attached hydrogens (primary N) is 3. The molecule has 1 fully saturated rings. The zero-order chi connectivity index (χ0) is 22.2. The summed E-state index contributed by atoms with van der Waals surface area (Å²) in [5.41, 5.74) is 17.0.